The molecule has 0 aliphatic carbocycles. The zero-order valence-corrected chi connectivity index (χ0v) is 16.3. The summed E-state index contributed by atoms with van der Waals surface area (Å²) in [6.45, 7) is 2.42. The van der Waals surface area contributed by atoms with Gasteiger partial charge in [-0.05, 0) is 37.1 Å². The molecule has 7 heteroatoms. The van der Waals surface area contributed by atoms with E-state index < -0.39 is 5.97 Å². The van der Waals surface area contributed by atoms with Gasteiger partial charge in [-0.3, -0.25) is 4.79 Å². The smallest absolute Gasteiger partial charge is 0.337 e. The topological polar surface area (TPSA) is 93.2 Å². The van der Waals surface area contributed by atoms with Gasteiger partial charge in [0.1, 0.15) is 17.3 Å². The Labute approximate surface area is 169 Å². The van der Waals surface area contributed by atoms with Crippen LogP contribution in [-0.4, -0.2) is 35.5 Å². The van der Waals surface area contributed by atoms with Crippen LogP contribution >= 0.6 is 0 Å². The molecule has 0 aliphatic rings. The Kier molecular flexibility index (Phi) is 6.52. The molecule has 0 atom stereocenters. The van der Waals surface area contributed by atoms with Crippen molar-refractivity contribution < 1.29 is 14.3 Å². The Morgan fingerprint density at radius 2 is 1.79 bits per heavy atom. The molecule has 0 saturated heterocycles. The monoisotopic (exact) mass is 390 g/mol. The van der Waals surface area contributed by atoms with Crippen molar-refractivity contribution in [2.24, 2.45) is 0 Å². The summed E-state index contributed by atoms with van der Waals surface area (Å²) in [4.78, 5) is 32.8. The van der Waals surface area contributed by atoms with E-state index in [0.29, 0.717) is 29.4 Å². The van der Waals surface area contributed by atoms with Crippen LogP contribution in [0, 0.1) is 6.92 Å². The molecule has 0 bridgehead atoms. The molecule has 0 radical (unpaired) electrons. The van der Waals surface area contributed by atoms with E-state index in [-0.39, 0.29) is 11.6 Å². The van der Waals surface area contributed by atoms with Crippen LogP contribution in [0.3, 0.4) is 0 Å². The van der Waals surface area contributed by atoms with Crippen LogP contribution in [0.5, 0.6) is 0 Å². The van der Waals surface area contributed by atoms with Gasteiger partial charge in [0.15, 0.2) is 0 Å². The highest BCUT2D eigenvalue weighted by Crippen LogP contribution is 2.14. The number of esters is 1. The van der Waals surface area contributed by atoms with E-state index in [4.69, 9.17) is 4.74 Å². The molecule has 148 valence electrons. The van der Waals surface area contributed by atoms with Gasteiger partial charge >= 0.3 is 5.97 Å². The zero-order chi connectivity index (χ0) is 20.6. The summed E-state index contributed by atoms with van der Waals surface area (Å²) < 4.78 is 4.70. The SMILES string of the molecule is COC(=O)c1cccc(NC(=O)c2cc(NCCc3ccccc3)nc(C)n2)c1. The van der Waals surface area contributed by atoms with E-state index >= 15 is 0 Å². The summed E-state index contributed by atoms with van der Waals surface area (Å²) in [5.74, 6) is 0.220. The Bertz CT molecular complexity index is 1010. The number of aromatic nitrogens is 2. The normalized spacial score (nSPS) is 10.3. The van der Waals surface area contributed by atoms with Crippen molar-refractivity contribution in [2.75, 3.05) is 24.3 Å². The number of ether oxygens (including phenoxy) is 1. The first-order chi connectivity index (χ1) is 14.0. The summed E-state index contributed by atoms with van der Waals surface area (Å²) in [7, 11) is 1.31. The third kappa shape index (κ3) is 5.62. The maximum atomic E-state index is 12.6. The van der Waals surface area contributed by atoms with Crippen LogP contribution in [-0.2, 0) is 11.2 Å². The highest BCUT2D eigenvalue weighted by molar-refractivity contribution is 6.04. The first kappa shape index (κ1) is 20.0. The summed E-state index contributed by atoms with van der Waals surface area (Å²) in [6, 6.07) is 18.3. The highest BCUT2D eigenvalue weighted by atomic mass is 16.5. The van der Waals surface area contributed by atoms with Crippen molar-refractivity contribution in [1.29, 1.82) is 0 Å². The molecule has 0 spiro atoms. The molecule has 0 aliphatic heterocycles. The summed E-state index contributed by atoms with van der Waals surface area (Å²) in [6.07, 6.45) is 0.839. The van der Waals surface area contributed by atoms with Gasteiger partial charge in [-0.15, -0.1) is 0 Å². The fraction of sp³-hybridized carbons (Fsp3) is 0.182. The summed E-state index contributed by atoms with van der Waals surface area (Å²) in [5.41, 5.74) is 2.29. The molecular weight excluding hydrogens is 368 g/mol. The second-order valence-electron chi connectivity index (χ2n) is 6.37. The number of anilines is 2. The first-order valence-corrected chi connectivity index (χ1v) is 9.18. The molecule has 0 fully saturated rings. The van der Waals surface area contributed by atoms with E-state index in [0.717, 1.165) is 6.42 Å². The lowest BCUT2D eigenvalue weighted by Crippen LogP contribution is -2.16. The van der Waals surface area contributed by atoms with E-state index in [1.165, 1.54) is 12.7 Å². The van der Waals surface area contributed by atoms with Crippen LogP contribution in [0.2, 0.25) is 0 Å². The lowest BCUT2D eigenvalue weighted by molar-refractivity contribution is 0.0600. The lowest BCUT2D eigenvalue weighted by atomic mass is 10.1. The van der Waals surface area contributed by atoms with Crippen molar-refractivity contribution >= 4 is 23.4 Å². The fourth-order valence-corrected chi connectivity index (χ4v) is 2.79. The zero-order valence-electron chi connectivity index (χ0n) is 16.3. The van der Waals surface area contributed by atoms with Crippen LogP contribution in [0.4, 0.5) is 11.5 Å². The number of amides is 1. The molecule has 29 heavy (non-hydrogen) atoms. The third-order valence-electron chi connectivity index (χ3n) is 4.17. The Balaban J connectivity index is 1.67. The largest absolute Gasteiger partial charge is 0.465 e. The minimum absolute atomic E-state index is 0.239. The maximum Gasteiger partial charge on any atom is 0.337 e. The van der Waals surface area contributed by atoms with Gasteiger partial charge < -0.3 is 15.4 Å². The number of carbonyl (C=O) groups excluding carboxylic acids is 2. The summed E-state index contributed by atoms with van der Waals surface area (Å²) in [5, 5.41) is 5.98. The summed E-state index contributed by atoms with van der Waals surface area (Å²) >= 11 is 0. The second-order valence-corrected chi connectivity index (χ2v) is 6.37. The molecule has 0 unspecified atom stereocenters. The molecule has 0 saturated carbocycles. The predicted octanol–water partition coefficient (Wildman–Crippen LogP) is 3.48. The van der Waals surface area contributed by atoms with E-state index in [1.807, 2.05) is 18.2 Å². The number of benzene rings is 2. The van der Waals surface area contributed by atoms with Crippen molar-refractivity contribution in [3.63, 3.8) is 0 Å². The molecule has 2 aromatic carbocycles. The Morgan fingerprint density at radius 1 is 1.00 bits per heavy atom. The number of nitrogens with one attached hydrogen (secondary N) is 2. The molecule has 1 heterocycles. The maximum absolute atomic E-state index is 12.6. The minimum Gasteiger partial charge on any atom is -0.465 e. The molecular formula is C22H22N4O3. The van der Waals surface area contributed by atoms with Crippen LogP contribution in [0.1, 0.15) is 32.2 Å². The Hall–Kier alpha value is -3.74. The van der Waals surface area contributed by atoms with Gasteiger partial charge in [-0.1, -0.05) is 36.4 Å². The molecule has 2 N–H and O–H groups in total. The van der Waals surface area contributed by atoms with Gasteiger partial charge in [-0.2, -0.15) is 0 Å². The fourth-order valence-electron chi connectivity index (χ4n) is 2.79. The van der Waals surface area contributed by atoms with Crippen LogP contribution in [0.15, 0.2) is 60.7 Å². The number of aryl methyl sites for hydroxylation is 1. The van der Waals surface area contributed by atoms with Gasteiger partial charge in [0.25, 0.3) is 5.91 Å². The molecule has 3 aromatic rings. The molecule has 1 aromatic heterocycles. The van der Waals surface area contributed by atoms with E-state index in [1.54, 1.807) is 37.3 Å². The predicted molar refractivity (Wildman–Crippen MR) is 111 cm³/mol. The number of hydrogen-bond donors (Lipinski definition) is 2. The molecule has 3 rings (SSSR count). The average Bonchev–Trinajstić information content (AvgIpc) is 2.73. The quantitative estimate of drug-likeness (QED) is 0.600. The van der Waals surface area contributed by atoms with Crippen molar-refractivity contribution in [1.82, 2.24) is 9.97 Å². The number of carbonyl (C=O) groups is 2. The van der Waals surface area contributed by atoms with Gasteiger partial charge in [0.2, 0.25) is 0 Å². The lowest BCUT2D eigenvalue weighted by Gasteiger charge is -2.10. The molecule has 7 nitrogen and oxygen atoms in total. The number of hydrogen-bond acceptors (Lipinski definition) is 6. The van der Waals surface area contributed by atoms with Gasteiger partial charge in [0.05, 0.1) is 12.7 Å². The number of methoxy groups -OCH3 is 1. The highest BCUT2D eigenvalue weighted by Gasteiger charge is 2.12. The van der Waals surface area contributed by atoms with Gasteiger partial charge in [-0.25, -0.2) is 14.8 Å². The number of rotatable bonds is 7. The average molecular weight is 390 g/mol. The van der Waals surface area contributed by atoms with Crippen molar-refractivity contribution in [3.05, 3.63) is 83.3 Å². The third-order valence-corrected chi connectivity index (χ3v) is 4.17. The van der Waals surface area contributed by atoms with Crippen LogP contribution < -0.4 is 10.6 Å². The standard InChI is InChI=1S/C22H22N4O3/c1-15-24-19(14-20(25-15)23-12-11-16-7-4-3-5-8-16)21(27)26-18-10-6-9-17(13-18)22(28)29-2/h3-10,13-14H,11-12H2,1-2H3,(H,26,27)(H,23,24,25). The Morgan fingerprint density at radius 3 is 2.55 bits per heavy atom. The number of nitrogens with zero attached hydrogens (tertiary/aromatic N) is 2. The first-order valence-electron chi connectivity index (χ1n) is 9.18. The van der Waals surface area contributed by atoms with Gasteiger partial charge in [0, 0.05) is 18.3 Å². The van der Waals surface area contributed by atoms with Crippen molar-refractivity contribution in [3.8, 4) is 0 Å². The van der Waals surface area contributed by atoms with Crippen LogP contribution in [0.25, 0.3) is 0 Å². The van der Waals surface area contributed by atoms with Crippen molar-refractivity contribution in [2.45, 2.75) is 13.3 Å². The minimum atomic E-state index is -0.469. The van der Waals surface area contributed by atoms with E-state index in [2.05, 4.69) is 32.7 Å². The molecule has 1 amide bonds. The van der Waals surface area contributed by atoms with E-state index in [9.17, 15) is 9.59 Å². The second kappa shape index (κ2) is 9.45.